The van der Waals surface area contributed by atoms with E-state index in [1.807, 2.05) is 0 Å². The smallest absolute Gasteiger partial charge is 0.214 e. The number of nitrogens with one attached hydrogen (secondary N) is 1. The van der Waals surface area contributed by atoms with E-state index in [9.17, 15) is 8.42 Å². The molecule has 1 rings (SSSR count). The van der Waals surface area contributed by atoms with Crippen molar-refractivity contribution in [3.63, 3.8) is 0 Å². The highest BCUT2D eigenvalue weighted by molar-refractivity contribution is 7.89. The zero-order chi connectivity index (χ0) is 8.32. The maximum atomic E-state index is 11.1. The van der Waals surface area contributed by atoms with Gasteiger partial charge >= 0.3 is 0 Å². The van der Waals surface area contributed by atoms with Crippen LogP contribution < -0.4 is 4.72 Å². The molecule has 1 N–H and O–H groups in total. The van der Waals surface area contributed by atoms with Crippen molar-refractivity contribution < 1.29 is 8.42 Å². The summed E-state index contributed by atoms with van der Waals surface area (Å²) in [4.78, 5) is 0.294. The zero-order valence-corrected chi connectivity index (χ0v) is 8.43. The largest absolute Gasteiger partial charge is 0.240 e. The summed E-state index contributed by atoms with van der Waals surface area (Å²) in [5.74, 6) is 0. The fraction of sp³-hybridized carbons (Fsp3) is 0.143. The Kier molecular flexibility index (Phi) is 4.30. The van der Waals surface area contributed by atoms with Gasteiger partial charge in [0.2, 0.25) is 10.0 Å². The van der Waals surface area contributed by atoms with Crippen molar-refractivity contribution in [3.8, 4) is 0 Å². The molecule has 1 aromatic carbocycles. The van der Waals surface area contributed by atoms with E-state index in [0.29, 0.717) is 4.90 Å². The fourth-order valence-electron chi connectivity index (χ4n) is 0.717. The van der Waals surface area contributed by atoms with E-state index in [2.05, 4.69) is 4.72 Å². The molecule has 0 aromatic heterocycles. The zero-order valence-electron chi connectivity index (χ0n) is 6.61. The molecule has 0 unspecified atom stereocenters. The Hall–Kier alpha value is -0.520. The first-order valence-electron chi connectivity index (χ1n) is 3.15. The summed E-state index contributed by atoms with van der Waals surface area (Å²) >= 11 is 0. The Labute approximate surface area is 79.3 Å². The molecule has 68 valence electrons. The van der Waals surface area contributed by atoms with Crippen LogP contribution in [0.25, 0.3) is 0 Å². The standard InChI is InChI=1S/C7H9NO2S.H2S/c1-8-11(9,10)7-5-3-2-4-6-7;/h2-6,8H,1H3;1H2. The molecule has 1 aromatic rings. The molecular formula is C7H11NO2S2. The second-order valence-electron chi connectivity index (χ2n) is 2.02. The lowest BCUT2D eigenvalue weighted by Crippen LogP contribution is -2.18. The van der Waals surface area contributed by atoms with Crippen LogP contribution in [0.15, 0.2) is 35.2 Å². The van der Waals surface area contributed by atoms with Crippen molar-refractivity contribution in [2.75, 3.05) is 7.05 Å². The highest BCUT2D eigenvalue weighted by atomic mass is 32.2. The second kappa shape index (κ2) is 4.49. The molecule has 0 aliphatic heterocycles. The fourth-order valence-corrected chi connectivity index (χ4v) is 1.47. The van der Waals surface area contributed by atoms with Gasteiger partial charge in [-0.1, -0.05) is 18.2 Å². The van der Waals surface area contributed by atoms with Gasteiger partial charge in [-0.2, -0.15) is 13.5 Å². The lowest BCUT2D eigenvalue weighted by molar-refractivity contribution is 0.588. The van der Waals surface area contributed by atoms with E-state index in [-0.39, 0.29) is 13.5 Å². The van der Waals surface area contributed by atoms with Crippen molar-refractivity contribution >= 4 is 23.5 Å². The minimum absolute atomic E-state index is 0. The van der Waals surface area contributed by atoms with Crippen LogP contribution in [0.3, 0.4) is 0 Å². The molecule has 0 heterocycles. The third-order valence-electron chi connectivity index (χ3n) is 1.32. The predicted molar refractivity (Wildman–Crippen MR) is 53.1 cm³/mol. The van der Waals surface area contributed by atoms with E-state index in [1.54, 1.807) is 30.3 Å². The van der Waals surface area contributed by atoms with Crippen LogP contribution >= 0.6 is 13.5 Å². The monoisotopic (exact) mass is 205 g/mol. The Bertz CT molecular complexity index is 321. The molecule has 0 aliphatic rings. The molecule has 0 radical (unpaired) electrons. The summed E-state index contributed by atoms with van der Waals surface area (Å²) in [7, 11) is -1.86. The molecule has 12 heavy (non-hydrogen) atoms. The Morgan fingerprint density at radius 1 is 1.17 bits per heavy atom. The predicted octanol–water partition coefficient (Wildman–Crippen LogP) is 0.707. The highest BCUT2D eigenvalue weighted by Crippen LogP contribution is 2.05. The summed E-state index contributed by atoms with van der Waals surface area (Å²) in [5, 5.41) is 0. The first-order chi connectivity index (χ1) is 5.17. The van der Waals surface area contributed by atoms with Gasteiger partial charge < -0.3 is 0 Å². The molecule has 0 aliphatic carbocycles. The number of hydrogen-bond acceptors (Lipinski definition) is 2. The lowest BCUT2D eigenvalue weighted by Gasteiger charge is -1.99. The van der Waals surface area contributed by atoms with Crippen molar-refractivity contribution in [2.45, 2.75) is 4.90 Å². The number of hydrogen-bond donors (Lipinski definition) is 1. The molecule has 0 atom stereocenters. The molecule has 0 saturated carbocycles. The van der Waals surface area contributed by atoms with Crippen LogP contribution in [0.4, 0.5) is 0 Å². The van der Waals surface area contributed by atoms with Gasteiger partial charge in [-0.3, -0.25) is 0 Å². The average molecular weight is 205 g/mol. The van der Waals surface area contributed by atoms with Gasteiger partial charge in [-0.15, -0.1) is 0 Å². The van der Waals surface area contributed by atoms with Crippen molar-refractivity contribution in [2.24, 2.45) is 0 Å². The van der Waals surface area contributed by atoms with Crippen LogP contribution in [0.2, 0.25) is 0 Å². The van der Waals surface area contributed by atoms with Gasteiger partial charge in [0.05, 0.1) is 4.90 Å². The summed E-state index contributed by atoms with van der Waals surface area (Å²) in [6.45, 7) is 0. The molecule has 0 saturated heterocycles. The summed E-state index contributed by atoms with van der Waals surface area (Å²) < 4.78 is 24.4. The second-order valence-corrected chi connectivity index (χ2v) is 3.91. The first-order valence-corrected chi connectivity index (χ1v) is 4.64. The molecule has 0 amide bonds. The van der Waals surface area contributed by atoms with Crippen LogP contribution in [0.1, 0.15) is 0 Å². The topological polar surface area (TPSA) is 46.2 Å². The summed E-state index contributed by atoms with van der Waals surface area (Å²) in [6.07, 6.45) is 0. The van der Waals surface area contributed by atoms with Crippen LogP contribution in [-0.4, -0.2) is 15.5 Å². The molecule has 0 fully saturated rings. The first kappa shape index (κ1) is 11.5. The van der Waals surface area contributed by atoms with E-state index in [4.69, 9.17) is 0 Å². The Morgan fingerprint density at radius 3 is 2.08 bits per heavy atom. The van der Waals surface area contributed by atoms with E-state index >= 15 is 0 Å². The van der Waals surface area contributed by atoms with Gasteiger partial charge in [0, 0.05) is 0 Å². The highest BCUT2D eigenvalue weighted by Gasteiger charge is 2.08. The van der Waals surface area contributed by atoms with Crippen LogP contribution in [0, 0.1) is 0 Å². The Balaban J connectivity index is 0.00000121. The normalized spacial score (nSPS) is 10.4. The average Bonchev–Trinajstić information content (AvgIpc) is 2.06. The number of benzene rings is 1. The maximum Gasteiger partial charge on any atom is 0.240 e. The third kappa shape index (κ3) is 2.51. The van der Waals surface area contributed by atoms with Gasteiger partial charge in [0.1, 0.15) is 0 Å². The van der Waals surface area contributed by atoms with Crippen molar-refractivity contribution in [3.05, 3.63) is 30.3 Å². The SMILES string of the molecule is CNS(=O)(=O)c1ccccc1.S. The van der Waals surface area contributed by atoms with E-state index in [1.165, 1.54) is 7.05 Å². The quantitative estimate of drug-likeness (QED) is 0.773. The molecule has 3 nitrogen and oxygen atoms in total. The van der Waals surface area contributed by atoms with E-state index < -0.39 is 10.0 Å². The summed E-state index contributed by atoms with van der Waals surface area (Å²) in [5.41, 5.74) is 0. The number of sulfonamides is 1. The molecule has 0 bridgehead atoms. The molecule has 0 spiro atoms. The molecular weight excluding hydrogens is 194 g/mol. The van der Waals surface area contributed by atoms with Crippen molar-refractivity contribution in [1.29, 1.82) is 0 Å². The number of rotatable bonds is 2. The minimum atomic E-state index is -3.25. The van der Waals surface area contributed by atoms with Gasteiger partial charge in [-0.05, 0) is 19.2 Å². The van der Waals surface area contributed by atoms with Gasteiger partial charge in [-0.25, -0.2) is 13.1 Å². The van der Waals surface area contributed by atoms with E-state index in [0.717, 1.165) is 0 Å². The minimum Gasteiger partial charge on any atom is -0.214 e. The van der Waals surface area contributed by atoms with Gasteiger partial charge in [0.15, 0.2) is 0 Å². The van der Waals surface area contributed by atoms with Crippen LogP contribution in [-0.2, 0) is 10.0 Å². The lowest BCUT2D eigenvalue weighted by atomic mass is 10.4. The van der Waals surface area contributed by atoms with Crippen molar-refractivity contribution in [1.82, 2.24) is 4.72 Å². The summed E-state index contributed by atoms with van der Waals surface area (Å²) in [6, 6.07) is 8.24. The van der Waals surface area contributed by atoms with Crippen LogP contribution in [0.5, 0.6) is 0 Å². The van der Waals surface area contributed by atoms with Gasteiger partial charge in [0.25, 0.3) is 0 Å². The Morgan fingerprint density at radius 2 is 1.67 bits per heavy atom. The maximum absolute atomic E-state index is 11.1. The molecule has 5 heteroatoms. The third-order valence-corrected chi connectivity index (χ3v) is 2.75.